The summed E-state index contributed by atoms with van der Waals surface area (Å²) < 4.78 is 12.7. The van der Waals surface area contributed by atoms with Crippen LogP contribution in [0.5, 0.6) is 11.5 Å². The standard InChI is InChI=1S/C21H21N3O3S/c1-26-18-7-6-14(10-19(18)27-2)11-20(25)22-16-5-3-4-15(12-16)17-13-24-8-9-28-21(24)23-17/h3-7,10,12-13H,8-9,11H2,1-2H3,(H,22,25). The Balaban J connectivity index is 1.46. The molecule has 0 spiro atoms. The van der Waals surface area contributed by atoms with Crippen molar-refractivity contribution in [3.05, 3.63) is 54.2 Å². The van der Waals surface area contributed by atoms with Gasteiger partial charge in [-0.05, 0) is 29.8 Å². The highest BCUT2D eigenvalue weighted by Crippen LogP contribution is 2.30. The van der Waals surface area contributed by atoms with Gasteiger partial charge in [0.15, 0.2) is 16.7 Å². The predicted octanol–water partition coefficient (Wildman–Crippen LogP) is 3.85. The van der Waals surface area contributed by atoms with Crippen molar-refractivity contribution in [2.75, 3.05) is 25.3 Å². The van der Waals surface area contributed by atoms with Gasteiger partial charge in [0.05, 0.1) is 26.3 Å². The average molecular weight is 395 g/mol. The molecule has 1 aliphatic rings. The third-order valence-electron chi connectivity index (χ3n) is 4.56. The first-order chi connectivity index (χ1) is 13.7. The number of thioether (sulfide) groups is 1. The van der Waals surface area contributed by atoms with Crippen molar-refractivity contribution >= 4 is 23.4 Å². The van der Waals surface area contributed by atoms with Crippen LogP contribution in [0.15, 0.2) is 53.8 Å². The number of hydrogen-bond donors (Lipinski definition) is 1. The summed E-state index contributed by atoms with van der Waals surface area (Å²) >= 11 is 1.77. The van der Waals surface area contributed by atoms with Gasteiger partial charge >= 0.3 is 0 Å². The Morgan fingerprint density at radius 1 is 1.18 bits per heavy atom. The molecule has 2 aromatic carbocycles. The number of nitrogens with zero attached hydrogens (tertiary/aromatic N) is 2. The molecule has 0 unspecified atom stereocenters. The Bertz CT molecular complexity index is 994. The van der Waals surface area contributed by atoms with Gasteiger partial charge in [-0.1, -0.05) is 30.0 Å². The summed E-state index contributed by atoms with van der Waals surface area (Å²) in [6, 6.07) is 13.3. The van der Waals surface area contributed by atoms with Crippen LogP contribution in [0.1, 0.15) is 5.56 Å². The summed E-state index contributed by atoms with van der Waals surface area (Å²) in [5.74, 6) is 2.24. The van der Waals surface area contributed by atoms with E-state index >= 15 is 0 Å². The minimum Gasteiger partial charge on any atom is -0.493 e. The minimum absolute atomic E-state index is 0.0905. The molecular formula is C21H21N3O3S. The zero-order chi connectivity index (χ0) is 19.5. The van der Waals surface area contributed by atoms with Crippen LogP contribution in [0.2, 0.25) is 0 Å². The van der Waals surface area contributed by atoms with Gasteiger partial charge in [0, 0.05) is 29.7 Å². The Labute approximate surface area is 167 Å². The summed E-state index contributed by atoms with van der Waals surface area (Å²) in [7, 11) is 3.17. The van der Waals surface area contributed by atoms with E-state index in [0.29, 0.717) is 11.5 Å². The van der Waals surface area contributed by atoms with E-state index in [4.69, 9.17) is 9.47 Å². The lowest BCUT2D eigenvalue weighted by molar-refractivity contribution is -0.115. The summed E-state index contributed by atoms with van der Waals surface area (Å²) in [6.45, 7) is 0.995. The van der Waals surface area contributed by atoms with Crippen LogP contribution < -0.4 is 14.8 Å². The fourth-order valence-electron chi connectivity index (χ4n) is 3.19. The van der Waals surface area contributed by atoms with Gasteiger partial charge in [0.25, 0.3) is 0 Å². The van der Waals surface area contributed by atoms with Gasteiger partial charge in [-0.25, -0.2) is 4.98 Å². The number of benzene rings is 2. The average Bonchev–Trinajstić information content (AvgIpc) is 3.30. The lowest BCUT2D eigenvalue weighted by Gasteiger charge is -2.10. The molecule has 0 fully saturated rings. The van der Waals surface area contributed by atoms with E-state index in [-0.39, 0.29) is 12.3 Å². The van der Waals surface area contributed by atoms with E-state index in [0.717, 1.165) is 40.0 Å². The molecule has 28 heavy (non-hydrogen) atoms. The van der Waals surface area contributed by atoms with E-state index in [1.54, 1.807) is 32.0 Å². The first-order valence-corrected chi connectivity index (χ1v) is 9.96. The number of imidazole rings is 1. The minimum atomic E-state index is -0.0905. The first kappa shape index (κ1) is 18.4. The number of anilines is 1. The molecule has 2 heterocycles. The number of rotatable bonds is 6. The molecule has 1 aliphatic heterocycles. The molecule has 0 aliphatic carbocycles. The molecule has 4 rings (SSSR count). The Morgan fingerprint density at radius 2 is 2.04 bits per heavy atom. The molecule has 3 aromatic rings. The maximum atomic E-state index is 12.5. The third-order valence-corrected chi connectivity index (χ3v) is 5.53. The van der Waals surface area contributed by atoms with Gasteiger partial charge in [-0.2, -0.15) is 0 Å². The zero-order valence-corrected chi connectivity index (χ0v) is 16.6. The Morgan fingerprint density at radius 3 is 2.82 bits per heavy atom. The van der Waals surface area contributed by atoms with E-state index in [1.165, 1.54) is 0 Å². The van der Waals surface area contributed by atoms with Gasteiger partial charge in [-0.15, -0.1) is 0 Å². The van der Waals surface area contributed by atoms with Crippen LogP contribution in [0.3, 0.4) is 0 Å². The third kappa shape index (κ3) is 3.84. The number of ether oxygens (including phenoxy) is 2. The number of aromatic nitrogens is 2. The van der Waals surface area contributed by atoms with E-state index < -0.39 is 0 Å². The Hall–Kier alpha value is -2.93. The highest BCUT2D eigenvalue weighted by atomic mass is 32.2. The molecular weight excluding hydrogens is 374 g/mol. The zero-order valence-electron chi connectivity index (χ0n) is 15.8. The van der Waals surface area contributed by atoms with Crippen molar-refractivity contribution in [1.82, 2.24) is 9.55 Å². The van der Waals surface area contributed by atoms with Crippen LogP contribution in [-0.2, 0) is 17.8 Å². The van der Waals surface area contributed by atoms with Crippen molar-refractivity contribution in [1.29, 1.82) is 0 Å². The molecule has 6 nitrogen and oxygen atoms in total. The van der Waals surface area contributed by atoms with Crippen LogP contribution in [0.25, 0.3) is 11.3 Å². The number of amides is 1. The van der Waals surface area contributed by atoms with Crippen molar-refractivity contribution in [3.63, 3.8) is 0 Å². The number of carbonyl (C=O) groups is 1. The van der Waals surface area contributed by atoms with Gasteiger partial charge < -0.3 is 19.4 Å². The summed E-state index contributed by atoms with van der Waals surface area (Å²) in [4.78, 5) is 17.2. The SMILES string of the molecule is COc1ccc(CC(=O)Nc2cccc(-c3cn4c(n3)SCC4)c2)cc1OC. The van der Waals surface area contributed by atoms with Crippen molar-refractivity contribution in [2.45, 2.75) is 18.1 Å². The second-order valence-corrected chi connectivity index (χ2v) is 7.51. The van der Waals surface area contributed by atoms with Crippen molar-refractivity contribution < 1.29 is 14.3 Å². The number of fused-ring (bicyclic) bond motifs is 1. The Kier molecular flexibility index (Phi) is 5.25. The predicted molar refractivity (Wildman–Crippen MR) is 110 cm³/mol. The highest BCUT2D eigenvalue weighted by molar-refractivity contribution is 7.99. The summed E-state index contributed by atoms with van der Waals surface area (Å²) in [5.41, 5.74) is 3.53. The summed E-state index contributed by atoms with van der Waals surface area (Å²) in [5, 5.41) is 4.02. The molecule has 144 valence electrons. The van der Waals surface area contributed by atoms with Crippen LogP contribution in [0, 0.1) is 0 Å². The number of aryl methyl sites for hydroxylation is 1. The van der Waals surface area contributed by atoms with Crippen molar-refractivity contribution in [2.24, 2.45) is 0 Å². The molecule has 7 heteroatoms. The molecule has 0 saturated carbocycles. The van der Waals surface area contributed by atoms with E-state index in [9.17, 15) is 4.79 Å². The fraction of sp³-hybridized carbons (Fsp3) is 0.238. The smallest absolute Gasteiger partial charge is 0.228 e. The number of methoxy groups -OCH3 is 2. The molecule has 0 atom stereocenters. The second-order valence-electron chi connectivity index (χ2n) is 6.45. The lowest BCUT2D eigenvalue weighted by Crippen LogP contribution is -2.14. The fourth-order valence-corrected chi connectivity index (χ4v) is 4.13. The van der Waals surface area contributed by atoms with Gasteiger partial charge in [-0.3, -0.25) is 4.79 Å². The van der Waals surface area contributed by atoms with Gasteiger partial charge in [0.2, 0.25) is 5.91 Å². The number of nitrogens with one attached hydrogen (secondary N) is 1. The first-order valence-electron chi connectivity index (χ1n) is 8.97. The van der Waals surface area contributed by atoms with E-state index in [2.05, 4.69) is 21.1 Å². The molecule has 1 N–H and O–H groups in total. The van der Waals surface area contributed by atoms with Crippen LogP contribution in [-0.4, -0.2) is 35.4 Å². The second kappa shape index (κ2) is 7.98. The number of hydrogen-bond acceptors (Lipinski definition) is 5. The lowest BCUT2D eigenvalue weighted by atomic mass is 10.1. The quantitative estimate of drug-likeness (QED) is 0.687. The topological polar surface area (TPSA) is 65.4 Å². The maximum absolute atomic E-state index is 12.5. The molecule has 1 amide bonds. The van der Waals surface area contributed by atoms with Crippen LogP contribution in [0.4, 0.5) is 5.69 Å². The molecule has 0 saturated heterocycles. The molecule has 0 bridgehead atoms. The van der Waals surface area contributed by atoms with Crippen molar-refractivity contribution in [3.8, 4) is 22.8 Å². The largest absolute Gasteiger partial charge is 0.493 e. The number of carbonyl (C=O) groups excluding carboxylic acids is 1. The summed E-state index contributed by atoms with van der Waals surface area (Å²) in [6.07, 6.45) is 2.32. The van der Waals surface area contributed by atoms with E-state index in [1.807, 2.05) is 36.4 Å². The highest BCUT2D eigenvalue weighted by Gasteiger charge is 2.15. The monoisotopic (exact) mass is 395 g/mol. The molecule has 1 aromatic heterocycles. The van der Waals surface area contributed by atoms with Gasteiger partial charge in [0.1, 0.15) is 0 Å². The normalized spacial score (nSPS) is 12.5. The molecule has 0 radical (unpaired) electrons. The maximum Gasteiger partial charge on any atom is 0.228 e. The van der Waals surface area contributed by atoms with Crippen LogP contribution >= 0.6 is 11.8 Å².